The molecular weight excluding hydrogens is 304 g/mol. The Hall–Kier alpha value is -2.37. The summed E-state index contributed by atoms with van der Waals surface area (Å²) < 4.78 is 5.22. The number of benzene rings is 1. The van der Waals surface area contributed by atoms with Gasteiger partial charge in [-0.05, 0) is 50.3 Å². The van der Waals surface area contributed by atoms with Crippen molar-refractivity contribution in [1.82, 2.24) is 20.1 Å². The Morgan fingerprint density at radius 1 is 1.33 bits per heavy atom. The van der Waals surface area contributed by atoms with Crippen molar-refractivity contribution in [3.8, 4) is 5.75 Å². The highest BCUT2D eigenvalue weighted by atomic mass is 16.5. The number of aromatic nitrogens is 3. The molecule has 24 heavy (non-hydrogen) atoms. The highest BCUT2D eigenvalue weighted by Gasteiger charge is 2.54. The maximum Gasteiger partial charge on any atom is 0.233 e. The van der Waals surface area contributed by atoms with Gasteiger partial charge in [0.2, 0.25) is 5.91 Å². The Kier molecular flexibility index (Phi) is 3.55. The number of nitrogens with zero attached hydrogens (tertiary/aromatic N) is 3. The van der Waals surface area contributed by atoms with Gasteiger partial charge in [0, 0.05) is 6.54 Å². The Morgan fingerprint density at radius 2 is 2.08 bits per heavy atom. The van der Waals surface area contributed by atoms with E-state index in [1.54, 1.807) is 7.11 Å². The van der Waals surface area contributed by atoms with Gasteiger partial charge in [0.25, 0.3) is 0 Å². The van der Waals surface area contributed by atoms with E-state index < -0.39 is 0 Å². The second-order valence-electron chi connectivity index (χ2n) is 6.75. The summed E-state index contributed by atoms with van der Waals surface area (Å²) in [5.41, 5.74) is 0.727. The van der Waals surface area contributed by atoms with Crippen LogP contribution in [0, 0.1) is 6.92 Å². The second-order valence-corrected chi connectivity index (χ2v) is 6.75. The predicted octanol–water partition coefficient (Wildman–Crippen LogP) is 2.52. The van der Waals surface area contributed by atoms with Crippen molar-refractivity contribution in [2.75, 3.05) is 13.7 Å². The number of amides is 1. The molecule has 1 N–H and O–H groups in total. The summed E-state index contributed by atoms with van der Waals surface area (Å²) in [6.07, 6.45) is 3.76. The summed E-state index contributed by atoms with van der Waals surface area (Å²) in [7, 11) is 1.65. The van der Waals surface area contributed by atoms with Crippen molar-refractivity contribution in [1.29, 1.82) is 0 Å². The van der Waals surface area contributed by atoms with Crippen LogP contribution in [0.2, 0.25) is 0 Å². The molecule has 4 rings (SSSR count). The number of aryl methyl sites for hydroxylation is 1. The number of H-pyrrole nitrogens is 1. The maximum atomic E-state index is 13.3. The topological polar surface area (TPSA) is 71.1 Å². The first kappa shape index (κ1) is 15.2. The number of nitrogens with one attached hydrogen (secondary N) is 1. The molecule has 1 amide bonds. The quantitative estimate of drug-likeness (QED) is 0.937. The van der Waals surface area contributed by atoms with E-state index >= 15 is 0 Å². The minimum atomic E-state index is -0.361. The number of likely N-dealkylation sites (tertiary alicyclic amines) is 1. The predicted molar refractivity (Wildman–Crippen MR) is 88.7 cm³/mol. The van der Waals surface area contributed by atoms with E-state index in [2.05, 4.69) is 15.2 Å². The highest BCUT2D eigenvalue weighted by molar-refractivity contribution is 5.91. The molecule has 0 unspecified atom stereocenters. The molecule has 1 aliphatic carbocycles. The number of carbonyl (C=O) groups excluding carboxylic acids is 1. The first-order chi connectivity index (χ1) is 11.6. The normalized spacial score (nSPS) is 21.8. The van der Waals surface area contributed by atoms with Crippen LogP contribution in [0.15, 0.2) is 24.3 Å². The van der Waals surface area contributed by atoms with Crippen LogP contribution in [0.3, 0.4) is 0 Å². The van der Waals surface area contributed by atoms with Crippen LogP contribution in [0.1, 0.15) is 48.9 Å². The van der Waals surface area contributed by atoms with Gasteiger partial charge in [-0.25, -0.2) is 4.98 Å². The van der Waals surface area contributed by atoms with Crippen molar-refractivity contribution >= 4 is 5.91 Å². The number of hydrogen-bond acceptors (Lipinski definition) is 4. The van der Waals surface area contributed by atoms with E-state index in [-0.39, 0.29) is 17.4 Å². The van der Waals surface area contributed by atoms with Crippen molar-refractivity contribution in [2.24, 2.45) is 0 Å². The largest absolute Gasteiger partial charge is 0.497 e. The van der Waals surface area contributed by atoms with Crippen LogP contribution in [0.25, 0.3) is 0 Å². The van der Waals surface area contributed by atoms with E-state index in [9.17, 15) is 4.79 Å². The van der Waals surface area contributed by atoms with Crippen molar-refractivity contribution in [3.05, 3.63) is 41.5 Å². The van der Waals surface area contributed by atoms with Crippen LogP contribution in [0.5, 0.6) is 5.75 Å². The smallest absolute Gasteiger partial charge is 0.233 e. The number of carbonyl (C=O) groups is 1. The highest BCUT2D eigenvalue weighted by Crippen LogP contribution is 2.51. The number of ether oxygens (including phenoxy) is 1. The molecule has 2 heterocycles. The Bertz CT molecular complexity index is 749. The van der Waals surface area contributed by atoms with Gasteiger partial charge in [0.1, 0.15) is 11.6 Å². The summed E-state index contributed by atoms with van der Waals surface area (Å²) in [5, 5.41) is 7.17. The third-order valence-corrected chi connectivity index (χ3v) is 5.23. The number of rotatable bonds is 4. The summed E-state index contributed by atoms with van der Waals surface area (Å²) in [5.74, 6) is 2.57. The molecule has 0 spiro atoms. The van der Waals surface area contributed by atoms with Gasteiger partial charge in [0.05, 0.1) is 18.6 Å². The molecule has 1 aromatic carbocycles. The molecule has 0 radical (unpaired) electrons. The SMILES string of the molecule is COc1ccc(C2(C(=O)N3CCC[C@@H]3c3n[nH]c(C)n3)CC2)cc1. The van der Waals surface area contributed by atoms with Gasteiger partial charge >= 0.3 is 0 Å². The molecule has 126 valence electrons. The minimum absolute atomic E-state index is 0.00169. The van der Waals surface area contributed by atoms with Gasteiger partial charge in [0.15, 0.2) is 5.82 Å². The van der Waals surface area contributed by atoms with Gasteiger partial charge in [-0.15, -0.1) is 0 Å². The lowest BCUT2D eigenvalue weighted by molar-refractivity contribution is -0.135. The second kappa shape index (κ2) is 5.61. The first-order valence-corrected chi connectivity index (χ1v) is 8.48. The van der Waals surface area contributed by atoms with E-state index in [0.717, 1.165) is 55.2 Å². The lowest BCUT2D eigenvalue weighted by Crippen LogP contribution is -2.39. The van der Waals surface area contributed by atoms with Crippen molar-refractivity contribution in [3.63, 3.8) is 0 Å². The zero-order chi connectivity index (χ0) is 16.7. The van der Waals surface area contributed by atoms with Crippen molar-refractivity contribution in [2.45, 2.75) is 44.1 Å². The minimum Gasteiger partial charge on any atom is -0.497 e. The molecule has 0 bridgehead atoms. The van der Waals surface area contributed by atoms with Crippen LogP contribution in [-0.2, 0) is 10.2 Å². The van der Waals surface area contributed by atoms with Crippen molar-refractivity contribution < 1.29 is 9.53 Å². The molecule has 1 saturated heterocycles. The Balaban J connectivity index is 1.60. The van der Waals surface area contributed by atoms with Gasteiger partial charge in [-0.3, -0.25) is 9.89 Å². The number of aromatic amines is 1. The van der Waals surface area contributed by atoms with Crippen LogP contribution < -0.4 is 4.74 Å². The lowest BCUT2D eigenvalue weighted by Gasteiger charge is -2.28. The molecule has 1 atom stereocenters. The third kappa shape index (κ3) is 2.37. The molecule has 6 heteroatoms. The summed E-state index contributed by atoms with van der Waals surface area (Å²) in [6, 6.07) is 7.90. The fraction of sp³-hybridized carbons (Fsp3) is 0.500. The maximum absolute atomic E-state index is 13.3. The molecule has 1 aliphatic heterocycles. The molecule has 2 aromatic rings. The third-order valence-electron chi connectivity index (χ3n) is 5.23. The summed E-state index contributed by atoms with van der Waals surface area (Å²) >= 11 is 0. The zero-order valence-electron chi connectivity index (χ0n) is 14.1. The molecule has 1 aromatic heterocycles. The standard InChI is InChI=1S/C18H22N4O2/c1-12-19-16(21-20-12)15-4-3-11-22(15)17(23)18(9-10-18)13-5-7-14(24-2)8-6-13/h5-8,15H,3-4,9-11H2,1-2H3,(H,19,20,21)/t15-/m1/s1. The summed E-state index contributed by atoms with van der Waals surface area (Å²) in [6.45, 7) is 2.67. The fourth-order valence-corrected chi connectivity index (χ4v) is 3.72. The van der Waals surface area contributed by atoms with Crippen LogP contribution >= 0.6 is 0 Å². The van der Waals surface area contributed by atoms with E-state index in [1.165, 1.54) is 0 Å². The van der Waals surface area contributed by atoms with E-state index in [1.807, 2.05) is 36.1 Å². The number of hydrogen-bond donors (Lipinski definition) is 1. The molecule has 6 nitrogen and oxygen atoms in total. The Labute approximate surface area is 141 Å². The average molecular weight is 326 g/mol. The zero-order valence-corrected chi connectivity index (χ0v) is 14.1. The molecule has 2 fully saturated rings. The molecular formula is C18H22N4O2. The average Bonchev–Trinajstić information content (AvgIpc) is 3.07. The first-order valence-electron chi connectivity index (χ1n) is 8.48. The lowest BCUT2D eigenvalue weighted by atomic mass is 9.94. The van der Waals surface area contributed by atoms with E-state index in [4.69, 9.17) is 4.74 Å². The monoisotopic (exact) mass is 326 g/mol. The van der Waals surface area contributed by atoms with Crippen LogP contribution in [0.4, 0.5) is 0 Å². The molecule has 2 aliphatic rings. The molecule has 1 saturated carbocycles. The van der Waals surface area contributed by atoms with Gasteiger partial charge in [-0.2, -0.15) is 5.10 Å². The summed E-state index contributed by atoms with van der Waals surface area (Å²) in [4.78, 5) is 19.7. The van der Waals surface area contributed by atoms with Gasteiger partial charge in [-0.1, -0.05) is 12.1 Å². The Morgan fingerprint density at radius 3 is 2.67 bits per heavy atom. The van der Waals surface area contributed by atoms with Gasteiger partial charge < -0.3 is 9.64 Å². The fourth-order valence-electron chi connectivity index (χ4n) is 3.72. The van der Waals surface area contributed by atoms with Crippen LogP contribution in [-0.4, -0.2) is 39.6 Å². The number of methoxy groups -OCH3 is 1. The van der Waals surface area contributed by atoms with E-state index in [0.29, 0.717) is 0 Å².